The van der Waals surface area contributed by atoms with Gasteiger partial charge in [-0.05, 0) is 41.8 Å². The third-order valence-electron chi connectivity index (χ3n) is 6.86. The van der Waals surface area contributed by atoms with Gasteiger partial charge in [0.2, 0.25) is 5.76 Å². The summed E-state index contributed by atoms with van der Waals surface area (Å²) >= 11 is 0. The summed E-state index contributed by atoms with van der Waals surface area (Å²) in [5.74, 6) is 0.0597. The average molecular weight is 502 g/mol. The van der Waals surface area contributed by atoms with Gasteiger partial charge in [-0.25, -0.2) is 8.42 Å². The van der Waals surface area contributed by atoms with E-state index in [0.717, 1.165) is 5.56 Å². The highest BCUT2D eigenvalue weighted by molar-refractivity contribution is 7.91. The minimum absolute atomic E-state index is 0.0140. The summed E-state index contributed by atoms with van der Waals surface area (Å²) in [7, 11) is -3.26. The van der Waals surface area contributed by atoms with Crippen LogP contribution in [0.4, 0.5) is 0 Å². The predicted molar refractivity (Wildman–Crippen MR) is 135 cm³/mol. The highest BCUT2D eigenvalue weighted by Crippen LogP contribution is 2.41. The molecular weight excluding hydrogens is 478 g/mol. The van der Waals surface area contributed by atoms with Crippen LogP contribution < -0.4 is 10.2 Å². The summed E-state index contributed by atoms with van der Waals surface area (Å²) < 4.78 is 36.4. The maximum Gasteiger partial charge on any atom is 0.291 e. The number of para-hydroxylation sites is 1. The Balaban J connectivity index is 1.41. The predicted octanol–water partition coefficient (Wildman–Crippen LogP) is 4.10. The van der Waals surface area contributed by atoms with E-state index >= 15 is 0 Å². The summed E-state index contributed by atoms with van der Waals surface area (Å²) in [5, 5.41) is 0.387. The van der Waals surface area contributed by atoms with E-state index in [0.29, 0.717) is 35.3 Å². The van der Waals surface area contributed by atoms with Crippen LogP contribution in [0.25, 0.3) is 11.0 Å². The fraction of sp³-hybridized carbons (Fsp3) is 0.214. The maximum atomic E-state index is 13.6. The topological polar surface area (TPSA) is 93.9 Å². The molecule has 7 nitrogen and oxygen atoms in total. The first-order valence-corrected chi connectivity index (χ1v) is 13.6. The molecule has 1 amide bonds. The van der Waals surface area contributed by atoms with Crippen LogP contribution in [0, 0.1) is 0 Å². The zero-order chi connectivity index (χ0) is 24.9. The molecule has 2 aliphatic heterocycles. The van der Waals surface area contributed by atoms with Crippen LogP contribution in [0.5, 0.6) is 5.75 Å². The molecule has 0 aliphatic carbocycles. The van der Waals surface area contributed by atoms with Crippen molar-refractivity contribution in [1.29, 1.82) is 0 Å². The fourth-order valence-electron chi connectivity index (χ4n) is 5.12. The summed E-state index contributed by atoms with van der Waals surface area (Å²) in [5.41, 5.74) is 2.04. The number of rotatable bonds is 5. The second-order valence-electron chi connectivity index (χ2n) is 9.19. The Morgan fingerprint density at radius 3 is 2.36 bits per heavy atom. The summed E-state index contributed by atoms with van der Waals surface area (Å²) in [4.78, 5) is 28.7. The van der Waals surface area contributed by atoms with Gasteiger partial charge in [0.05, 0.1) is 28.5 Å². The molecule has 3 heterocycles. The first-order valence-electron chi connectivity index (χ1n) is 11.8. The molecule has 36 heavy (non-hydrogen) atoms. The van der Waals surface area contributed by atoms with Gasteiger partial charge in [-0.15, -0.1) is 0 Å². The van der Waals surface area contributed by atoms with Gasteiger partial charge in [0.1, 0.15) is 17.9 Å². The van der Waals surface area contributed by atoms with Crippen LogP contribution in [-0.4, -0.2) is 36.8 Å². The molecule has 2 aliphatic rings. The van der Waals surface area contributed by atoms with Crippen LogP contribution in [0.2, 0.25) is 0 Å². The molecule has 0 saturated carbocycles. The van der Waals surface area contributed by atoms with E-state index in [9.17, 15) is 18.0 Å². The van der Waals surface area contributed by atoms with Crippen LogP contribution in [0.3, 0.4) is 0 Å². The van der Waals surface area contributed by atoms with Crippen molar-refractivity contribution in [2.24, 2.45) is 0 Å². The van der Waals surface area contributed by atoms with E-state index < -0.39 is 27.8 Å². The Bertz CT molecular complexity index is 1630. The second-order valence-corrected chi connectivity index (χ2v) is 11.4. The Hall–Kier alpha value is -3.91. The molecule has 8 heteroatoms. The van der Waals surface area contributed by atoms with Gasteiger partial charge in [-0.3, -0.25) is 9.59 Å². The zero-order valence-corrected chi connectivity index (χ0v) is 20.1. The van der Waals surface area contributed by atoms with Gasteiger partial charge in [0, 0.05) is 6.04 Å². The summed E-state index contributed by atoms with van der Waals surface area (Å²) in [6, 6.07) is 22.6. The first kappa shape index (κ1) is 22.5. The molecule has 0 unspecified atom stereocenters. The number of nitrogens with zero attached hydrogens (tertiary/aromatic N) is 1. The molecule has 4 aromatic rings. The number of amides is 1. The monoisotopic (exact) mass is 501 g/mol. The van der Waals surface area contributed by atoms with Crippen molar-refractivity contribution in [3.05, 3.63) is 112 Å². The lowest BCUT2D eigenvalue weighted by atomic mass is 9.97. The normalized spacial score (nSPS) is 20.6. The van der Waals surface area contributed by atoms with Gasteiger partial charge in [-0.1, -0.05) is 54.6 Å². The van der Waals surface area contributed by atoms with E-state index in [1.807, 2.05) is 42.5 Å². The average Bonchev–Trinajstić information content (AvgIpc) is 3.40. The Kier molecular flexibility index (Phi) is 5.41. The van der Waals surface area contributed by atoms with Crippen molar-refractivity contribution in [2.75, 3.05) is 11.5 Å². The minimum atomic E-state index is -3.26. The number of hydrogen-bond acceptors (Lipinski definition) is 6. The van der Waals surface area contributed by atoms with Gasteiger partial charge in [0.25, 0.3) is 5.91 Å². The van der Waals surface area contributed by atoms with Crippen molar-refractivity contribution in [1.82, 2.24) is 4.90 Å². The summed E-state index contributed by atoms with van der Waals surface area (Å²) in [6.07, 6.45) is 0.324. The van der Waals surface area contributed by atoms with Crippen molar-refractivity contribution >= 4 is 26.7 Å². The first-order chi connectivity index (χ1) is 17.4. The second kappa shape index (κ2) is 8.64. The van der Waals surface area contributed by atoms with Crippen LogP contribution in [0.1, 0.15) is 39.7 Å². The Morgan fingerprint density at radius 1 is 0.917 bits per heavy atom. The van der Waals surface area contributed by atoms with Gasteiger partial charge in [-0.2, -0.15) is 0 Å². The molecule has 3 aromatic carbocycles. The number of benzene rings is 3. The molecule has 1 saturated heterocycles. The van der Waals surface area contributed by atoms with E-state index in [1.165, 1.54) is 4.90 Å². The third-order valence-corrected chi connectivity index (χ3v) is 8.61. The molecule has 0 N–H and O–H groups in total. The largest absolute Gasteiger partial charge is 0.489 e. The molecule has 0 spiro atoms. The lowest BCUT2D eigenvalue weighted by Crippen LogP contribution is -2.40. The minimum Gasteiger partial charge on any atom is -0.489 e. The smallest absolute Gasteiger partial charge is 0.291 e. The van der Waals surface area contributed by atoms with E-state index in [1.54, 1.807) is 36.4 Å². The maximum absolute atomic E-state index is 13.6. The SMILES string of the molecule is O=C1c2oc3ccccc3c(=O)c2[C@H](c2ccc(OCc3ccccc3)cc2)N1[C@H]1CCS(=O)(=O)C1. The lowest BCUT2D eigenvalue weighted by molar-refractivity contribution is 0.0662. The van der Waals surface area contributed by atoms with Crippen LogP contribution in [-0.2, 0) is 16.4 Å². The highest BCUT2D eigenvalue weighted by atomic mass is 32.2. The molecule has 2 atom stereocenters. The molecule has 0 bridgehead atoms. The number of ether oxygens (including phenoxy) is 1. The quantitative estimate of drug-likeness (QED) is 0.409. The summed E-state index contributed by atoms with van der Waals surface area (Å²) in [6.45, 7) is 0.409. The lowest BCUT2D eigenvalue weighted by Gasteiger charge is -2.30. The number of fused-ring (bicyclic) bond motifs is 2. The van der Waals surface area contributed by atoms with Gasteiger partial charge < -0.3 is 14.1 Å². The van der Waals surface area contributed by atoms with Gasteiger partial charge in [0.15, 0.2) is 15.3 Å². The van der Waals surface area contributed by atoms with Crippen molar-refractivity contribution in [3.8, 4) is 5.75 Å². The molecule has 0 radical (unpaired) electrons. The Labute approximate surface area is 207 Å². The number of sulfone groups is 1. The number of carbonyl (C=O) groups excluding carboxylic acids is 1. The number of hydrogen-bond donors (Lipinski definition) is 0. The third kappa shape index (κ3) is 3.87. The molecular formula is C28H23NO6S. The van der Waals surface area contributed by atoms with E-state index in [2.05, 4.69) is 0 Å². The Morgan fingerprint density at radius 2 is 1.64 bits per heavy atom. The van der Waals surface area contributed by atoms with Crippen LogP contribution in [0.15, 0.2) is 88.1 Å². The van der Waals surface area contributed by atoms with Gasteiger partial charge >= 0.3 is 0 Å². The van der Waals surface area contributed by atoms with Crippen molar-refractivity contribution in [3.63, 3.8) is 0 Å². The molecule has 1 fully saturated rings. The van der Waals surface area contributed by atoms with Crippen molar-refractivity contribution < 1.29 is 22.4 Å². The standard InChI is InChI=1S/C28H23NO6S/c30-26-22-8-4-5-9-23(22)35-27-24(26)25(29(28(27)31)20-14-15-36(32,33)17-20)19-10-12-21(13-11-19)34-16-18-6-2-1-3-7-18/h1-13,20,25H,14-17H2/t20-,25-/m0/s1. The number of carbonyl (C=O) groups is 1. The molecule has 182 valence electrons. The molecule has 6 rings (SSSR count). The highest BCUT2D eigenvalue weighted by Gasteiger charge is 2.48. The van der Waals surface area contributed by atoms with E-state index in [4.69, 9.17) is 9.15 Å². The van der Waals surface area contributed by atoms with E-state index in [-0.39, 0.29) is 28.3 Å². The molecule has 1 aromatic heterocycles. The zero-order valence-electron chi connectivity index (χ0n) is 19.3. The van der Waals surface area contributed by atoms with Crippen molar-refractivity contribution in [2.45, 2.75) is 25.1 Å². The fourth-order valence-corrected chi connectivity index (χ4v) is 6.83. The van der Waals surface area contributed by atoms with Crippen LogP contribution >= 0.6 is 0 Å².